The largest absolute Gasteiger partial charge is 0.495 e. The van der Waals surface area contributed by atoms with E-state index in [4.69, 9.17) is 35.3 Å². The minimum atomic E-state index is -3.92. The quantitative estimate of drug-likeness (QED) is 0.331. The van der Waals surface area contributed by atoms with Crippen molar-refractivity contribution in [2.45, 2.75) is 4.90 Å². The van der Waals surface area contributed by atoms with Crippen LogP contribution in [0.25, 0.3) is 0 Å². The molecule has 0 unspecified atom stereocenters. The zero-order chi connectivity index (χ0) is 27.9. The molecule has 0 aliphatic heterocycles. The number of sulfonamides is 1. The van der Waals surface area contributed by atoms with E-state index in [0.717, 1.165) is 0 Å². The van der Waals surface area contributed by atoms with Crippen molar-refractivity contribution in [2.24, 2.45) is 0 Å². The number of amides is 1. The lowest BCUT2D eigenvalue weighted by Gasteiger charge is -2.15. The monoisotopic (exact) mass is 564 g/mol. The van der Waals surface area contributed by atoms with Gasteiger partial charge >= 0.3 is 5.97 Å². The zero-order valence-corrected chi connectivity index (χ0v) is 22.4. The van der Waals surface area contributed by atoms with Gasteiger partial charge in [0, 0.05) is 12.1 Å². The summed E-state index contributed by atoms with van der Waals surface area (Å²) in [4.78, 5) is 24.7. The molecular weight excluding hydrogens is 540 g/mol. The van der Waals surface area contributed by atoms with Crippen LogP contribution in [0.4, 0.5) is 11.4 Å². The summed E-state index contributed by atoms with van der Waals surface area (Å²) in [5, 5.41) is 2.82. The molecule has 0 bridgehead atoms. The Kier molecular flexibility index (Phi) is 9.26. The number of carbonyl (C=O) groups is 2. The average Bonchev–Trinajstić information content (AvgIpc) is 2.91. The Balaban J connectivity index is 1.66. The average molecular weight is 565 g/mol. The molecular formula is C25H25ClN2O9S. The molecule has 1 amide bonds. The summed E-state index contributed by atoms with van der Waals surface area (Å²) in [6.45, 7) is -0.427. The zero-order valence-electron chi connectivity index (χ0n) is 20.9. The number of ether oxygens (including phenoxy) is 5. The summed E-state index contributed by atoms with van der Waals surface area (Å²) in [6, 6.07) is 12.7. The van der Waals surface area contributed by atoms with Gasteiger partial charge in [-0.05, 0) is 42.5 Å². The Bertz CT molecular complexity index is 1430. The first-order valence-electron chi connectivity index (χ1n) is 10.8. The van der Waals surface area contributed by atoms with Crippen LogP contribution in [-0.4, -0.2) is 55.3 Å². The highest BCUT2D eigenvalue weighted by Gasteiger charge is 2.20. The first-order chi connectivity index (χ1) is 18.1. The molecule has 13 heteroatoms. The van der Waals surface area contributed by atoms with Gasteiger partial charge in [0.1, 0.15) is 11.5 Å². The maximum atomic E-state index is 12.7. The molecule has 0 heterocycles. The van der Waals surface area contributed by atoms with Crippen LogP contribution in [0.3, 0.4) is 0 Å². The third kappa shape index (κ3) is 6.78. The molecule has 0 aromatic heterocycles. The number of hydrogen-bond acceptors (Lipinski definition) is 9. The molecule has 0 aliphatic rings. The number of rotatable bonds is 11. The third-order valence-corrected chi connectivity index (χ3v) is 6.80. The van der Waals surface area contributed by atoms with Gasteiger partial charge in [-0.3, -0.25) is 9.52 Å². The molecule has 0 saturated heterocycles. The number of methoxy groups -OCH3 is 4. The highest BCUT2D eigenvalue weighted by molar-refractivity contribution is 7.92. The Morgan fingerprint density at radius 3 is 2.05 bits per heavy atom. The molecule has 38 heavy (non-hydrogen) atoms. The van der Waals surface area contributed by atoms with Gasteiger partial charge < -0.3 is 29.0 Å². The molecule has 0 aliphatic carbocycles. The van der Waals surface area contributed by atoms with Gasteiger partial charge in [0.25, 0.3) is 15.9 Å². The van der Waals surface area contributed by atoms with Gasteiger partial charge in [-0.1, -0.05) is 11.6 Å². The van der Waals surface area contributed by atoms with E-state index in [0.29, 0.717) is 11.5 Å². The lowest BCUT2D eigenvalue weighted by molar-refractivity contribution is -0.118. The highest BCUT2D eigenvalue weighted by Crippen LogP contribution is 2.34. The molecule has 0 fully saturated rings. The molecule has 0 radical (unpaired) electrons. The molecule has 3 aromatic rings. The third-order valence-electron chi connectivity index (χ3n) is 5.11. The predicted molar refractivity (Wildman–Crippen MR) is 140 cm³/mol. The van der Waals surface area contributed by atoms with Crippen molar-refractivity contribution >= 4 is 44.9 Å². The van der Waals surface area contributed by atoms with Crippen LogP contribution in [0.5, 0.6) is 23.0 Å². The minimum absolute atomic E-state index is 0.0331. The summed E-state index contributed by atoms with van der Waals surface area (Å²) in [5.41, 5.74) is 0.447. The second kappa shape index (κ2) is 12.4. The van der Waals surface area contributed by atoms with E-state index in [2.05, 4.69) is 10.0 Å². The fraction of sp³-hybridized carbons (Fsp3) is 0.200. The van der Waals surface area contributed by atoms with Crippen molar-refractivity contribution in [3.63, 3.8) is 0 Å². The second-order valence-electron chi connectivity index (χ2n) is 7.51. The first kappa shape index (κ1) is 28.4. The first-order valence-corrected chi connectivity index (χ1v) is 12.7. The number of esters is 1. The van der Waals surface area contributed by atoms with Crippen molar-refractivity contribution in [3.05, 3.63) is 65.2 Å². The Labute approximate surface area is 224 Å². The second-order valence-corrected chi connectivity index (χ2v) is 9.60. The number of hydrogen-bond donors (Lipinski definition) is 2. The standard InChI is InChI=1S/C25H25ClN2O9S/c1-33-21-10-5-15(11-19(21)26)28-38(31,32)17-8-6-16(7-9-17)37-14-24(29)27-20-13-23(35-3)22(34-2)12-18(20)25(30)36-4/h5-13,28H,14H2,1-4H3,(H,27,29). The summed E-state index contributed by atoms with van der Waals surface area (Å²) in [7, 11) is 1.57. The fourth-order valence-corrected chi connectivity index (χ4v) is 4.56. The van der Waals surface area contributed by atoms with Crippen molar-refractivity contribution in [1.29, 1.82) is 0 Å². The maximum absolute atomic E-state index is 12.7. The smallest absolute Gasteiger partial charge is 0.340 e. The maximum Gasteiger partial charge on any atom is 0.340 e. The van der Waals surface area contributed by atoms with Crippen LogP contribution in [0, 0.1) is 0 Å². The minimum Gasteiger partial charge on any atom is -0.495 e. The van der Waals surface area contributed by atoms with Gasteiger partial charge in [-0.25, -0.2) is 13.2 Å². The number of benzene rings is 3. The van der Waals surface area contributed by atoms with Crippen LogP contribution in [-0.2, 0) is 19.6 Å². The Hall–Kier alpha value is -4.16. The van der Waals surface area contributed by atoms with E-state index >= 15 is 0 Å². The summed E-state index contributed by atoms with van der Waals surface area (Å²) in [5.74, 6) is -0.0537. The van der Waals surface area contributed by atoms with E-state index in [1.807, 2.05) is 0 Å². The van der Waals surface area contributed by atoms with Crippen LogP contribution in [0.15, 0.2) is 59.5 Å². The van der Waals surface area contributed by atoms with Crippen molar-refractivity contribution in [1.82, 2.24) is 0 Å². The van der Waals surface area contributed by atoms with Crippen molar-refractivity contribution in [3.8, 4) is 23.0 Å². The van der Waals surface area contributed by atoms with Crippen LogP contribution in [0.2, 0.25) is 5.02 Å². The van der Waals surface area contributed by atoms with Crippen LogP contribution < -0.4 is 29.0 Å². The lowest BCUT2D eigenvalue weighted by Crippen LogP contribution is -2.22. The van der Waals surface area contributed by atoms with Gasteiger partial charge in [0.15, 0.2) is 18.1 Å². The van der Waals surface area contributed by atoms with Crippen LogP contribution >= 0.6 is 11.6 Å². The number of carbonyl (C=O) groups excluding carboxylic acids is 2. The molecule has 3 aromatic carbocycles. The van der Waals surface area contributed by atoms with Crippen molar-refractivity contribution in [2.75, 3.05) is 45.1 Å². The molecule has 0 saturated carbocycles. The SMILES string of the molecule is COC(=O)c1cc(OC)c(OC)cc1NC(=O)COc1ccc(S(=O)(=O)Nc2ccc(OC)c(Cl)c2)cc1. The Morgan fingerprint density at radius 2 is 1.47 bits per heavy atom. The van der Waals surface area contributed by atoms with E-state index in [1.54, 1.807) is 6.07 Å². The summed E-state index contributed by atoms with van der Waals surface area (Å²) >= 11 is 6.05. The van der Waals surface area contributed by atoms with E-state index in [-0.39, 0.29) is 38.4 Å². The molecule has 2 N–H and O–H groups in total. The molecule has 202 valence electrons. The predicted octanol–water partition coefficient (Wildman–Crippen LogP) is 3.97. The number of halogens is 1. The van der Waals surface area contributed by atoms with Gasteiger partial charge in [-0.2, -0.15) is 0 Å². The van der Waals surface area contributed by atoms with E-state index < -0.39 is 28.5 Å². The molecule has 0 spiro atoms. The fourth-order valence-electron chi connectivity index (χ4n) is 3.26. The van der Waals surface area contributed by atoms with Crippen molar-refractivity contribution < 1.29 is 41.7 Å². The van der Waals surface area contributed by atoms with E-state index in [1.165, 1.54) is 77.0 Å². The van der Waals surface area contributed by atoms with Gasteiger partial charge in [0.05, 0.1) is 55.3 Å². The van der Waals surface area contributed by atoms with Gasteiger partial charge in [-0.15, -0.1) is 0 Å². The normalized spacial score (nSPS) is 10.8. The van der Waals surface area contributed by atoms with Crippen LogP contribution in [0.1, 0.15) is 10.4 Å². The molecule has 3 rings (SSSR count). The highest BCUT2D eigenvalue weighted by atomic mass is 35.5. The lowest BCUT2D eigenvalue weighted by atomic mass is 10.1. The van der Waals surface area contributed by atoms with Gasteiger partial charge in [0.2, 0.25) is 0 Å². The Morgan fingerprint density at radius 1 is 0.842 bits per heavy atom. The van der Waals surface area contributed by atoms with E-state index in [9.17, 15) is 18.0 Å². The summed E-state index contributed by atoms with van der Waals surface area (Å²) in [6.07, 6.45) is 0. The molecule has 0 atom stereocenters. The topological polar surface area (TPSA) is 138 Å². The number of anilines is 2. The number of nitrogens with one attached hydrogen (secondary N) is 2. The molecule has 11 nitrogen and oxygen atoms in total. The summed E-state index contributed by atoms with van der Waals surface area (Å²) < 4.78 is 53.6.